The average molecular weight is 425 g/mol. The number of primary amides is 1. The smallest absolute Gasteiger partial charge is 0.251 e. The lowest BCUT2D eigenvalue weighted by molar-refractivity contribution is -0.116. The van der Waals surface area contributed by atoms with E-state index in [1.54, 1.807) is 30.3 Å². The molecule has 0 radical (unpaired) electrons. The Morgan fingerprint density at radius 2 is 1.76 bits per heavy atom. The Hall–Kier alpha value is -2.38. The summed E-state index contributed by atoms with van der Waals surface area (Å²) in [5.74, 6) is -1.25. The number of nitrogens with one attached hydrogen (secondary N) is 2. The minimum atomic E-state index is -0.678. The van der Waals surface area contributed by atoms with Gasteiger partial charge in [0, 0.05) is 28.7 Å². The van der Waals surface area contributed by atoms with Gasteiger partial charge in [-0.1, -0.05) is 27.5 Å². The van der Waals surface area contributed by atoms with Gasteiger partial charge in [-0.15, -0.1) is 0 Å². The fourth-order valence-corrected chi connectivity index (χ4v) is 2.48. The van der Waals surface area contributed by atoms with Gasteiger partial charge in [-0.25, -0.2) is 0 Å². The minimum absolute atomic E-state index is 0.0802. The quantitative estimate of drug-likeness (QED) is 0.664. The minimum Gasteiger partial charge on any atom is -0.366 e. The van der Waals surface area contributed by atoms with E-state index >= 15 is 0 Å². The van der Waals surface area contributed by atoms with E-state index in [2.05, 4.69) is 26.6 Å². The second kappa shape index (κ2) is 8.64. The van der Waals surface area contributed by atoms with Crippen LogP contribution >= 0.6 is 27.5 Å². The first-order valence-corrected chi connectivity index (χ1v) is 8.47. The number of hydrogen-bond acceptors (Lipinski definition) is 3. The molecule has 3 amide bonds. The molecule has 0 aliphatic heterocycles. The topological polar surface area (TPSA) is 101 Å². The van der Waals surface area contributed by atoms with Gasteiger partial charge in [0.1, 0.15) is 0 Å². The molecule has 130 valence electrons. The third kappa shape index (κ3) is 5.58. The van der Waals surface area contributed by atoms with Crippen LogP contribution < -0.4 is 16.4 Å². The fraction of sp³-hybridized carbons (Fsp3) is 0.118. The van der Waals surface area contributed by atoms with Crippen LogP contribution in [0.3, 0.4) is 0 Å². The monoisotopic (exact) mass is 423 g/mol. The van der Waals surface area contributed by atoms with Gasteiger partial charge in [0.2, 0.25) is 11.8 Å². The molecule has 0 aromatic heterocycles. The highest BCUT2D eigenvalue weighted by Crippen LogP contribution is 2.20. The van der Waals surface area contributed by atoms with Gasteiger partial charge < -0.3 is 16.4 Å². The molecule has 0 bridgehead atoms. The summed E-state index contributed by atoms with van der Waals surface area (Å²) >= 11 is 9.14. The van der Waals surface area contributed by atoms with Gasteiger partial charge in [0.15, 0.2) is 0 Å². The van der Waals surface area contributed by atoms with E-state index in [1.165, 1.54) is 12.1 Å². The lowest BCUT2D eigenvalue weighted by Gasteiger charge is -2.08. The summed E-state index contributed by atoms with van der Waals surface area (Å²) in [7, 11) is 0. The summed E-state index contributed by atoms with van der Waals surface area (Å²) in [6, 6.07) is 11.3. The van der Waals surface area contributed by atoms with Crippen molar-refractivity contribution in [3.63, 3.8) is 0 Å². The summed E-state index contributed by atoms with van der Waals surface area (Å²) in [5.41, 5.74) is 6.25. The molecule has 0 fully saturated rings. The second-order valence-corrected chi connectivity index (χ2v) is 6.44. The van der Waals surface area contributed by atoms with Crippen LogP contribution in [0.5, 0.6) is 0 Å². The van der Waals surface area contributed by atoms with E-state index < -0.39 is 5.91 Å². The predicted molar refractivity (Wildman–Crippen MR) is 99.7 cm³/mol. The van der Waals surface area contributed by atoms with Crippen molar-refractivity contribution in [1.82, 2.24) is 5.32 Å². The van der Waals surface area contributed by atoms with Gasteiger partial charge >= 0.3 is 0 Å². The number of rotatable bonds is 6. The van der Waals surface area contributed by atoms with E-state index in [9.17, 15) is 14.4 Å². The predicted octanol–water partition coefficient (Wildman–Crippen LogP) is 2.96. The van der Waals surface area contributed by atoms with Crippen molar-refractivity contribution in [2.45, 2.75) is 6.42 Å². The van der Waals surface area contributed by atoms with Gasteiger partial charge in [0.25, 0.3) is 5.91 Å². The summed E-state index contributed by atoms with van der Waals surface area (Å²) in [6.07, 6.45) is 0.0802. The molecular formula is C17H15BrClN3O3. The Balaban J connectivity index is 1.85. The van der Waals surface area contributed by atoms with Crippen molar-refractivity contribution in [2.75, 3.05) is 11.9 Å². The summed E-state index contributed by atoms with van der Waals surface area (Å²) < 4.78 is 0.877. The van der Waals surface area contributed by atoms with Crippen LogP contribution in [0.4, 0.5) is 5.69 Å². The highest BCUT2D eigenvalue weighted by Gasteiger charge is 2.10. The third-order valence-corrected chi connectivity index (χ3v) is 4.12. The first kappa shape index (κ1) is 19.0. The molecule has 0 saturated heterocycles. The van der Waals surface area contributed by atoms with Crippen LogP contribution in [0.15, 0.2) is 46.9 Å². The largest absolute Gasteiger partial charge is 0.366 e. The van der Waals surface area contributed by atoms with Crippen molar-refractivity contribution in [3.05, 3.63) is 63.1 Å². The summed E-state index contributed by atoms with van der Waals surface area (Å²) in [4.78, 5) is 35.1. The molecule has 0 unspecified atom stereocenters. The molecule has 0 atom stereocenters. The number of hydrogen-bond donors (Lipinski definition) is 3. The number of benzene rings is 2. The van der Waals surface area contributed by atoms with Gasteiger partial charge in [0.05, 0.1) is 10.6 Å². The van der Waals surface area contributed by atoms with Crippen LogP contribution in [0.25, 0.3) is 0 Å². The van der Waals surface area contributed by atoms with E-state index in [0.29, 0.717) is 11.3 Å². The SMILES string of the molecule is NC(=O)c1cc(NC(=O)CCNC(=O)c2ccc(Br)cc2)ccc1Cl. The van der Waals surface area contributed by atoms with Crippen molar-refractivity contribution in [2.24, 2.45) is 5.73 Å². The molecule has 2 aromatic carbocycles. The van der Waals surface area contributed by atoms with Crippen LogP contribution in [-0.2, 0) is 4.79 Å². The van der Waals surface area contributed by atoms with Crippen molar-refractivity contribution < 1.29 is 14.4 Å². The highest BCUT2D eigenvalue weighted by molar-refractivity contribution is 9.10. The molecule has 25 heavy (non-hydrogen) atoms. The molecular weight excluding hydrogens is 410 g/mol. The third-order valence-electron chi connectivity index (χ3n) is 3.26. The normalized spacial score (nSPS) is 10.2. The summed E-state index contributed by atoms with van der Waals surface area (Å²) in [5, 5.41) is 5.50. The van der Waals surface area contributed by atoms with E-state index in [1.807, 2.05) is 0 Å². The standard InChI is InChI=1S/C17H15BrClN3O3/c18-11-3-1-10(2-4-11)17(25)21-8-7-15(23)22-12-5-6-14(19)13(9-12)16(20)24/h1-6,9H,7-8H2,(H2,20,24)(H,21,25)(H,22,23). The molecule has 0 saturated carbocycles. The molecule has 0 spiro atoms. The maximum Gasteiger partial charge on any atom is 0.251 e. The highest BCUT2D eigenvalue weighted by atomic mass is 79.9. The van der Waals surface area contributed by atoms with Crippen molar-refractivity contribution >= 4 is 50.9 Å². The Bertz CT molecular complexity index is 809. The molecule has 0 aliphatic rings. The Kier molecular flexibility index (Phi) is 6.55. The zero-order valence-electron chi connectivity index (χ0n) is 13.0. The van der Waals surface area contributed by atoms with Crippen molar-refractivity contribution in [3.8, 4) is 0 Å². The molecule has 0 heterocycles. The number of halogens is 2. The van der Waals surface area contributed by atoms with Crippen LogP contribution in [0.2, 0.25) is 5.02 Å². The molecule has 8 heteroatoms. The number of nitrogens with two attached hydrogens (primary N) is 1. The number of anilines is 1. The lowest BCUT2D eigenvalue weighted by Crippen LogP contribution is -2.27. The van der Waals surface area contributed by atoms with Gasteiger partial charge in [-0.2, -0.15) is 0 Å². The molecule has 4 N–H and O–H groups in total. The van der Waals surface area contributed by atoms with E-state index in [4.69, 9.17) is 17.3 Å². The molecule has 0 aliphatic carbocycles. The Labute approximate surface area is 157 Å². The maximum atomic E-state index is 11.9. The van der Waals surface area contributed by atoms with Gasteiger partial charge in [-0.05, 0) is 42.5 Å². The summed E-state index contributed by atoms with van der Waals surface area (Å²) in [6.45, 7) is 0.178. The first-order valence-electron chi connectivity index (χ1n) is 7.30. The van der Waals surface area contributed by atoms with Gasteiger partial charge in [-0.3, -0.25) is 14.4 Å². The molecule has 6 nitrogen and oxygen atoms in total. The Morgan fingerprint density at radius 3 is 2.40 bits per heavy atom. The Morgan fingerprint density at radius 1 is 1.08 bits per heavy atom. The second-order valence-electron chi connectivity index (χ2n) is 5.12. The van der Waals surface area contributed by atoms with Crippen LogP contribution in [0, 0.1) is 0 Å². The number of carbonyl (C=O) groups is 3. The number of amides is 3. The lowest BCUT2D eigenvalue weighted by atomic mass is 10.2. The zero-order valence-corrected chi connectivity index (χ0v) is 15.4. The zero-order chi connectivity index (χ0) is 18.4. The average Bonchev–Trinajstić information content (AvgIpc) is 2.57. The van der Waals surface area contributed by atoms with Crippen molar-refractivity contribution in [1.29, 1.82) is 0 Å². The fourth-order valence-electron chi connectivity index (χ4n) is 2.01. The number of carbonyl (C=O) groups excluding carboxylic acids is 3. The molecule has 2 rings (SSSR count). The van der Waals surface area contributed by atoms with E-state index in [-0.39, 0.29) is 35.4 Å². The first-order chi connectivity index (χ1) is 11.9. The van der Waals surface area contributed by atoms with Crippen LogP contribution in [0.1, 0.15) is 27.1 Å². The van der Waals surface area contributed by atoms with E-state index in [0.717, 1.165) is 4.47 Å². The molecule has 2 aromatic rings. The van der Waals surface area contributed by atoms with Crippen LogP contribution in [-0.4, -0.2) is 24.3 Å². The maximum absolute atomic E-state index is 11.9.